The fraction of sp³-hybridized carbons (Fsp3) is 0.455. The van der Waals surface area contributed by atoms with Gasteiger partial charge in [0, 0.05) is 18.8 Å². The summed E-state index contributed by atoms with van der Waals surface area (Å²) in [4.78, 5) is 0. The van der Waals surface area contributed by atoms with E-state index in [1.807, 2.05) is 0 Å². The van der Waals surface area contributed by atoms with Crippen molar-refractivity contribution in [3.8, 4) is 0 Å². The lowest BCUT2D eigenvalue weighted by molar-refractivity contribution is 0.780. The summed E-state index contributed by atoms with van der Waals surface area (Å²) in [7, 11) is 0. The standard InChI is InChI=1S/C11H16N2/c12-8-9-4-3-6-11-10(9)5-1-2-7-13-11/h3-4,6,13H,1-2,5,7-8,12H2. The molecule has 70 valence electrons. The fourth-order valence-electron chi connectivity index (χ4n) is 1.94. The molecule has 0 fully saturated rings. The van der Waals surface area contributed by atoms with Gasteiger partial charge in [0.15, 0.2) is 0 Å². The molecule has 0 amide bonds. The van der Waals surface area contributed by atoms with Crippen LogP contribution in [0.1, 0.15) is 24.0 Å². The molecule has 0 radical (unpaired) electrons. The average Bonchev–Trinajstić information content (AvgIpc) is 2.41. The summed E-state index contributed by atoms with van der Waals surface area (Å²) in [6, 6.07) is 6.37. The molecule has 0 unspecified atom stereocenters. The summed E-state index contributed by atoms with van der Waals surface area (Å²) in [5.74, 6) is 0. The maximum absolute atomic E-state index is 5.70. The van der Waals surface area contributed by atoms with Gasteiger partial charge in [-0.3, -0.25) is 0 Å². The van der Waals surface area contributed by atoms with Crippen LogP contribution in [0.25, 0.3) is 0 Å². The molecule has 0 saturated carbocycles. The third kappa shape index (κ3) is 1.68. The molecule has 0 saturated heterocycles. The Morgan fingerprint density at radius 1 is 1.31 bits per heavy atom. The fourth-order valence-corrected chi connectivity index (χ4v) is 1.94. The number of hydrogen-bond acceptors (Lipinski definition) is 2. The van der Waals surface area contributed by atoms with Crippen molar-refractivity contribution in [1.82, 2.24) is 0 Å². The van der Waals surface area contributed by atoms with E-state index >= 15 is 0 Å². The van der Waals surface area contributed by atoms with Crippen LogP contribution in [-0.4, -0.2) is 6.54 Å². The smallest absolute Gasteiger partial charge is 0.0375 e. The second kappa shape index (κ2) is 3.79. The topological polar surface area (TPSA) is 38.0 Å². The van der Waals surface area contributed by atoms with Gasteiger partial charge in [-0.2, -0.15) is 0 Å². The highest BCUT2D eigenvalue weighted by molar-refractivity contribution is 5.55. The molecule has 0 bridgehead atoms. The molecule has 13 heavy (non-hydrogen) atoms. The Kier molecular flexibility index (Phi) is 2.50. The number of fused-ring (bicyclic) bond motifs is 1. The molecule has 0 aliphatic carbocycles. The van der Waals surface area contributed by atoms with Crippen LogP contribution in [-0.2, 0) is 13.0 Å². The van der Waals surface area contributed by atoms with Gasteiger partial charge in [-0.05, 0) is 36.5 Å². The highest BCUT2D eigenvalue weighted by Crippen LogP contribution is 2.24. The quantitative estimate of drug-likeness (QED) is 0.685. The molecule has 0 aromatic heterocycles. The van der Waals surface area contributed by atoms with Crippen LogP contribution >= 0.6 is 0 Å². The van der Waals surface area contributed by atoms with Crippen molar-refractivity contribution in [2.75, 3.05) is 11.9 Å². The first-order valence-electron chi connectivity index (χ1n) is 4.96. The number of nitrogens with two attached hydrogens (primary N) is 1. The molecule has 0 atom stereocenters. The summed E-state index contributed by atoms with van der Waals surface area (Å²) >= 11 is 0. The number of benzene rings is 1. The van der Waals surface area contributed by atoms with Gasteiger partial charge in [-0.1, -0.05) is 12.1 Å². The monoisotopic (exact) mass is 176 g/mol. The number of anilines is 1. The van der Waals surface area contributed by atoms with Crippen LogP contribution in [0.15, 0.2) is 18.2 Å². The molecule has 2 nitrogen and oxygen atoms in total. The van der Waals surface area contributed by atoms with Crippen LogP contribution < -0.4 is 11.1 Å². The zero-order chi connectivity index (χ0) is 9.10. The van der Waals surface area contributed by atoms with Crippen molar-refractivity contribution < 1.29 is 0 Å². The molecule has 3 N–H and O–H groups in total. The maximum atomic E-state index is 5.70. The zero-order valence-corrected chi connectivity index (χ0v) is 7.84. The summed E-state index contributed by atoms with van der Waals surface area (Å²) in [6.45, 7) is 1.76. The number of hydrogen-bond donors (Lipinski definition) is 2. The molecule has 1 aliphatic heterocycles. The Morgan fingerprint density at radius 3 is 3.08 bits per heavy atom. The van der Waals surface area contributed by atoms with Crippen molar-refractivity contribution in [2.45, 2.75) is 25.8 Å². The van der Waals surface area contributed by atoms with Crippen LogP contribution in [0.2, 0.25) is 0 Å². The Hall–Kier alpha value is -1.02. The summed E-state index contributed by atoms with van der Waals surface area (Å²) in [6.07, 6.45) is 3.71. The van der Waals surface area contributed by atoms with E-state index < -0.39 is 0 Å². The number of nitrogens with one attached hydrogen (secondary N) is 1. The molecular formula is C11H16N2. The molecule has 1 aliphatic rings. The van der Waals surface area contributed by atoms with E-state index in [0.29, 0.717) is 6.54 Å². The summed E-state index contributed by atoms with van der Waals surface area (Å²) in [5, 5.41) is 3.44. The first kappa shape index (κ1) is 8.57. The number of rotatable bonds is 1. The van der Waals surface area contributed by atoms with Crippen LogP contribution in [0.4, 0.5) is 5.69 Å². The second-order valence-corrected chi connectivity index (χ2v) is 3.53. The van der Waals surface area contributed by atoms with Gasteiger partial charge in [-0.15, -0.1) is 0 Å². The lowest BCUT2D eigenvalue weighted by Crippen LogP contribution is -2.04. The van der Waals surface area contributed by atoms with Gasteiger partial charge in [0.25, 0.3) is 0 Å². The highest BCUT2D eigenvalue weighted by atomic mass is 14.9. The van der Waals surface area contributed by atoms with E-state index in [9.17, 15) is 0 Å². The van der Waals surface area contributed by atoms with Crippen molar-refractivity contribution >= 4 is 5.69 Å². The van der Waals surface area contributed by atoms with E-state index in [1.54, 1.807) is 0 Å². The van der Waals surface area contributed by atoms with E-state index in [4.69, 9.17) is 5.73 Å². The molecule has 1 aromatic carbocycles. The first-order valence-corrected chi connectivity index (χ1v) is 4.96. The van der Waals surface area contributed by atoms with Crippen LogP contribution in [0.3, 0.4) is 0 Å². The molecule has 2 heteroatoms. The maximum Gasteiger partial charge on any atom is 0.0375 e. The van der Waals surface area contributed by atoms with Gasteiger partial charge in [0.1, 0.15) is 0 Å². The molecule has 1 aromatic rings. The minimum absolute atomic E-state index is 0.658. The third-order valence-corrected chi connectivity index (χ3v) is 2.66. The third-order valence-electron chi connectivity index (χ3n) is 2.66. The minimum Gasteiger partial charge on any atom is -0.385 e. The van der Waals surface area contributed by atoms with E-state index in [0.717, 1.165) is 6.54 Å². The lowest BCUT2D eigenvalue weighted by Gasteiger charge is -2.11. The largest absolute Gasteiger partial charge is 0.385 e. The Morgan fingerprint density at radius 2 is 2.23 bits per heavy atom. The van der Waals surface area contributed by atoms with Gasteiger partial charge < -0.3 is 11.1 Å². The Balaban J connectivity index is 2.40. The van der Waals surface area contributed by atoms with Gasteiger partial charge >= 0.3 is 0 Å². The molecule has 0 spiro atoms. The Labute approximate surface area is 79.1 Å². The van der Waals surface area contributed by atoms with Crippen LogP contribution in [0, 0.1) is 0 Å². The van der Waals surface area contributed by atoms with E-state index in [2.05, 4.69) is 23.5 Å². The summed E-state index contributed by atoms with van der Waals surface area (Å²) in [5.41, 5.74) is 9.72. The molecular weight excluding hydrogens is 160 g/mol. The molecule has 2 rings (SSSR count). The predicted molar refractivity (Wildman–Crippen MR) is 55.8 cm³/mol. The van der Waals surface area contributed by atoms with Crippen molar-refractivity contribution in [2.24, 2.45) is 5.73 Å². The van der Waals surface area contributed by atoms with Crippen LogP contribution in [0.5, 0.6) is 0 Å². The van der Waals surface area contributed by atoms with E-state index in [-0.39, 0.29) is 0 Å². The van der Waals surface area contributed by atoms with Gasteiger partial charge in [0.05, 0.1) is 0 Å². The summed E-state index contributed by atoms with van der Waals surface area (Å²) < 4.78 is 0. The predicted octanol–water partition coefficient (Wildman–Crippen LogP) is 1.89. The average molecular weight is 176 g/mol. The second-order valence-electron chi connectivity index (χ2n) is 3.53. The van der Waals surface area contributed by atoms with Gasteiger partial charge in [0.2, 0.25) is 0 Å². The van der Waals surface area contributed by atoms with Crippen molar-refractivity contribution in [3.05, 3.63) is 29.3 Å². The van der Waals surface area contributed by atoms with Crippen molar-refractivity contribution in [3.63, 3.8) is 0 Å². The van der Waals surface area contributed by atoms with E-state index in [1.165, 1.54) is 36.1 Å². The lowest BCUT2D eigenvalue weighted by atomic mass is 10.0. The SMILES string of the molecule is NCc1cccc2c1CCCCN2. The van der Waals surface area contributed by atoms with Crippen molar-refractivity contribution in [1.29, 1.82) is 0 Å². The first-order chi connectivity index (χ1) is 6.42. The highest BCUT2D eigenvalue weighted by Gasteiger charge is 2.09. The normalized spacial score (nSPS) is 15.8. The van der Waals surface area contributed by atoms with Gasteiger partial charge in [-0.25, -0.2) is 0 Å². The Bertz CT molecular complexity index is 294. The zero-order valence-electron chi connectivity index (χ0n) is 7.84. The molecule has 1 heterocycles. The minimum atomic E-state index is 0.658.